The van der Waals surface area contributed by atoms with Gasteiger partial charge in [0.25, 0.3) is 0 Å². The van der Waals surface area contributed by atoms with Crippen molar-refractivity contribution in [1.29, 1.82) is 0 Å². The normalized spacial score (nSPS) is 10.3. The topological polar surface area (TPSA) is 27.1 Å². The van der Waals surface area contributed by atoms with E-state index < -0.39 is 0 Å². The van der Waals surface area contributed by atoms with E-state index >= 15 is 0 Å². The quantitative estimate of drug-likeness (QED) is 0.745. The lowest BCUT2D eigenvalue weighted by atomic mass is 10.1. The number of ether oxygens (including phenoxy) is 1. The minimum absolute atomic E-state index is 0.855. The molecule has 2 rings (SSSR count). The predicted molar refractivity (Wildman–Crippen MR) is 59.7 cm³/mol. The van der Waals surface area contributed by atoms with Gasteiger partial charge in [-0.1, -0.05) is 12.1 Å². The van der Waals surface area contributed by atoms with E-state index in [0.29, 0.717) is 0 Å². The zero-order chi connectivity index (χ0) is 10.8. The standard InChI is InChI=1S/C12H13N2O/c1-9-12(8-13-14(9)2)10-4-6-11(15-3)7-5-10/h4-8H,1H2,2-3H3. The molecule has 0 saturated heterocycles. The van der Waals surface area contributed by atoms with Gasteiger partial charge in [0.15, 0.2) is 0 Å². The van der Waals surface area contributed by atoms with E-state index in [-0.39, 0.29) is 0 Å². The van der Waals surface area contributed by atoms with Crippen molar-refractivity contribution in [3.63, 3.8) is 0 Å². The number of nitrogens with zero attached hydrogens (tertiary/aromatic N) is 2. The second kappa shape index (κ2) is 3.77. The summed E-state index contributed by atoms with van der Waals surface area (Å²) in [5, 5.41) is 4.16. The number of rotatable bonds is 2. The zero-order valence-corrected chi connectivity index (χ0v) is 8.90. The Morgan fingerprint density at radius 1 is 1.27 bits per heavy atom. The van der Waals surface area contributed by atoms with Crippen LogP contribution in [0.15, 0.2) is 30.5 Å². The van der Waals surface area contributed by atoms with Gasteiger partial charge in [-0.15, -0.1) is 0 Å². The second-order valence-corrected chi connectivity index (χ2v) is 3.36. The third-order valence-electron chi connectivity index (χ3n) is 2.46. The molecule has 77 valence electrons. The molecule has 0 unspecified atom stereocenters. The summed E-state index contributed by atoms with van der Waals surface area (Å²) in [6.45, 7) is 3.97. The average molecular weight is 201 g/mol. The Bertz CT molecular complexity index is 457. The van der Waals surface area contributed by atoms with Gasteiger partial charge in [0.1, 0.15) is 5.75 Å². The molecule has 0 N–H and O–H groups in total. The van der Waals surface area contributed by atoms with Crippen LogP contribution in [-0.4, -0.2) is 16.9 Å². The fourth-order valence-electron chi connectivity index (χ4n) is 1.47. The van der Waals surface area contributed by atoms with Gasteiger partial charge in [-0.25, -0.2) is 0 Å². The molecule has 0 aliphatic rings. The third kappa shape index (κ3) is 1.73. The van der Waals surface area contributed by atoms with Crippen LogP contribution in [0, 0.1) is 6.92 Å². The van der Waals surface area contributed by atoms with Crippen molar-refractivity contribution in [2.24, 2.45) is 7.05 Å². The molecule has 0 bridgehead atoms. The Balaban J connectivity index is 2.41. The Hall–Kier alpha value is -1.77. The molecule has 0 spiro atoms. The third-order valence-corrected chi connectivity index (χ3v) is 2.46. The molecule has 15 heavy (non-hydrogen) atoms. The molecule has 0 amide bonds. The van der Waals surface area contributed by atoms with Gasteiger partial charge in [-0.2, -0.15) is 5.10 Å². The monoisotopic (exact) mass is 201 g/mol. The molecular weight excluding hydrogens is 188 g/mol. The molecule has 1 aromatic carbocycles. The lowest BCUT2D eigenvalue weighted by Crippen LogP contribution is -1.92. The van der Waals surface area contributed by atoms with Gasteiger partial charge in [0.2, 0.25) is 0 Å². The molecule has 2 aromatic rings. The van der Waals surface area contributed by atoms with Crippen LogP contribution in [0.5, 0.6) is 5.75 Å². The summed E-state index contributed by atoms with van der Waals surface area (Å²) in [4.78, 5) is 0. The first-order valence-electron chi connectivity index (χ1n) is 4.70. The highest BCUT2D eigenvalue weighted by Gasteiger charge is 2.05. The van der Waals surface area contributed by atoms with E-state index in [4.69, 9.17) is 4.74 Å². The number of aryl methyl sites for hydroxylation is 1. The van der Waals surface area contributed by atoms with E-state index in [0.717, 1.165) is 22.6 Å². The Morgan fingerprint density at radius 3 is 2.40 bits per heavy atom. The van der Waals surface area contributed by atoms with E-state index in [2.05, 4.69) is 12.0 Å². The predicted octanol–water partition coefficient (Wildman–Crippen LogP) is 2.28. The van der Waals surface area contributed by atoms with Crippen LogP contribution in [0.25, 0.3) is 11.1 Å². The second-order valence-electron chi connectivity index (χ2n) is 3.36. The summed E-state index contributed by atoms with van der Waals surface area (Å²) in [6.07, 6.45) is 1.82. The van der Waals surface area contributed by atoms with Crippen LogP contribution >= 0.6 is 0 Å². The Morgan fingerprint density at radius 2 is 1.93 bits per heavy atom. The molecule has 0 aliphatic heterocycles. The molecule has 0 fully saturated rings. The number of aromatic nitrogens is 2. The maximum atomic E-state index is 5.10. The minimum atomic E-state index is 0.855. The van der Waals surface area contributed by atoms with E-state index in [1.807, 2.05) is 37.5 Å². The first-order valence-corrected chi connectivity index (χ1v) is 4.70. The maximum Gasteiger partial charge on any atom is 0.118 e. The van der Waals surface area contributed by atoms with Crippen LogP contribution in [0.2, 0.25) is 0 Å². The Kier molecular flexibility index (Phi) is 2.46. The first kappa shape index (κ1) is 9.77. The van der Waals surface area contributed by atoms with E-state index in [9.17, 15) is 0 Å². The number of benzene rings is 1. The van der Waals surface area contributed by atoms with Gasteiger partial charge in [-0.3, -0.25) is 4.68 Å². The first-order chi connectivity index (χ1) is 7.22. The van der Waals surface area contributed by atoms with Crippen LogP contribution in [0.4, 0.5) is 0 Å². The average Bonchev–Trinajstić information content (AvgIpc) is 2.60. The highest BCUT2D eigenvalue weighted by atomic mass is 16.5. The molecule has 1 aromatic heterocycles. The van der Waals surface area contributed by atoms with Gasteiger partial charge in [-0.05, 0) is 24.6 Å². The maximum absolute atomic E-state index is 5.10. The minimum Gasteiger partial charge on any atom is -0.497 e. The summed E-state index contributed by atoms with van der Waals surface area (Å²) < 4.78 is 6.87. The summed E-state index contributed by atoms with van der Waals surface area (Å²) in [6, 6.07) is 7.87. The fraction of sp³-hybridized carbons (Fsp3) is 0.167. The van der Waals surface area contributed by atoms with E-state index in [1.54, 1.807) is 11.8 Å². The summed E-state index contributed by atoms with van der Waals surface area (Å²) in [7, 11) is 3.54. The highest BCUT2D eigenvalue weighted by molar-refractivity contribution is 5.66. The molecule has 0 atom stereocenters. The molecule has 1 radical (unpaired) electrons. The molecule has 0 saturated carbocycles. The van der Waals surface area contributed by atoms with Crippen molar-refractivity contribution in [2.45, 2.75) is 0 Å². The van der Waals surface area contributed by atoms with Gasteiger partial charge >= 0.3 is 0 Å². The lowest BCUT2D eigenvalue weighted by Gasteiger charge is -2.02. The number of hydrogen-bond acceptors (Lipinski definition) is 2. The highest BCUT2D eigenvalue weighted by Crippen LogP contribution is 2.24. The molecule has 3 nitrogen and oxygen atoms in total. The molecule has 3 heteroatoms. The van der Waals surface area contributed by atoms with E-state index in [1.165, 1.54) is 0 Å². The van der Waals surface area contributed by atoms with Crippen molar-refractivity contribution in [2.75, 3.05) is 7.11 Å². The molecule has 0 aliphatic carbocycles. The van der Waals surface area contributed by atoms with Crippen LogP contribution in [0.3, 0.4) is 0 Å². The van der Waals surface area contributed by atoms with Gasteiger partial charge in [0.05, 0.1) is 13.3 Å². The van der Waals surface area contributed by atoms with Crippen LogP contribution in [-0.2, 0) is 7.05 Å². The van der Waals surface area contributed by atoms with Crippen molar-refractivity contribution in [3.8, 4) is 16.9 Å². The van der Waals surface area contributed by atoms with Crippen LogP contribution < -0.4 is 4.74 Å². The van der Waals surface area contributed by atoms with Crippen molar-refractivity contribution < 1.29 is 4.74 Å². The fourth-order valence-corrected chi connectivity index (χ4v) is 1.47. The summed E-state index contributed by atoms with van der Waals surface area (Å²) >= 11 is 0. The van der Waals surface area contributed by atoms with Crippen molar-refractivity contribution in [3.05, 3.63) is 43.1 Å². The number of methoxy groups -OCH3 is 1. The molecule has 1 heterocycles. The smallest absolute Gasteiger partial charge is 0.118 e. The largest absolute Gasteiger partial charge is 0.497 e. The Labute approximate surface area is 89.3 Å². The van der Waals surface area contributed by atoms with Crippen molar-refractivity contribution >= 4 is 0 Å². The summed E-state index contributed by atoms with van der Waals surface area (Å²) in [5.41, 5.74) is 3.08. The van der Waals surface area contributed by atoms with Gasteiger partial charge in [0, 0.05) is 18.3 Å². The lowest BCUT2D eigenvalue weighted by molar-refractivity contribution is 0.415. The zero-order valence-electron chi connectivity index (χ0n) is 8.90. The van der Waals surface area contributed by atoms with Crippen molar-refractivity contribution in [1.82, 2.24) is 9.78 Å². The molecular formula is C12H13N2O. The van der Waals surface area contributed by atoms with Crippen LogP contribution in [0.1, 0.15) is 5.69 Å². The SMILES string of the molecule is [CH2]c1c(-c2ccc(OC)cc2)cnn1C. The summed E-state index contributed by atoms with van der Waals surface area (Å²) in [5.74, 6) is 0.855. The number of hydrogen-bond donors (Lipinski definition) is 0. The van der Waals surface area contributed by atoms with Gasteiger partial charge < -0.3 is 4.74 Å².